The molecule has 0 aromatic heterocycles. The number of hydrogen-bond acceptors (Lipinski definition) is 20. The van der Waals surface area contributed by atoms with Crippen LogP contribution < -0.4 is 0 Å². The molecule has 4 heterocycles. The van der Waals surface area contributed by atoms with Gasteiger partial charge in [0.1, 0.15) is 42.8 Å². The molecule has 1 N–H and O–H groups in total. The van der Waals surface area contributed by atoms with E-state index in [2.05, 4.69) is 17.0 Å². The first-order valence-electron chi connectivity index (χ1n) is 27.7. The molecule has 4 saturated heterocycles. The van der Waals surface area contributed by atoms with E-state index in [1.165, 1.54) is 35.0 Å². The molecule has 4 aliphatic heterocycles. The van der Waals surface area contributed by atoms with Crippen LogP contribution in [0.2, 0.25) is 0 Å². The maximum atomic E-state index is 15.3. The number of nitrogens with zero attached hydrogens (tertiary/aromatic N) is 2. The Morgan fingerprint density at radius 3 is 2.01 bits per heavy atom. The summed E-state index contributed by atoms with van der Waals surface area (Å²) in [5.41, 5.74) is -1.64. The third kappa shape index (κ3) is 17.3. The summed E-state index contributed by atoms with van der Waals surface area (Å²) in [5.74, 6) is -7.50. The summed E-state index contributed by atoms with van der Waals surface area (Å²) in [6.45, 7) is 27.0. The number of Topliss-reactive ketones (excluding diaryl/α,β-unsaturated/α-hetero) is 1. The summed E-state index contributed by atoms with van der Waals surface area (Å²) >= 11 is 0. The summed E-state index contributed by atoms with van der Waals surface area (Å²) < 4.78 is 69.7. The van der Waals surface area contributed by atoms with Crippen molar-refractivity contribution in [1.29, 1.82) is 0 Å². The molecule has 438 valence electrons. The summed E-state index contributed by atoms with van der Waals surface area (Å²) in [7, 11) is 6.51. The van der Waals surface area contributed by atoms with Crippen LogP contribution in [0.15, 0.2) is 5.16 Å². The Balaban J connectivity index is 1.87. The molecule has 4 fully saturated rings. The van der Waals surface area contributed by atoms with Crippen LogP contribution in [0.5, 0.6) is 0 Å². The standard InChI is InChI=1S/C56H96N2O18/c1-28(2)23-43(61)73-47-34(8)45(29(3)21-20-22-42-51(65-17)52(66-18)49(38(12)70-42)71-39(13)59)75-54(63)37(11)48(74-44-24-31(5)58(16)27-33(7)68-44)35(9)46(30(4)26-56(15,64)53(62)36(47)10)76-55-50(72-40(14)60)41(57-67-19)25-32(6)69-55/h28-38,42,44-52,55,64H,20-27H2,1-19H3/t29?,30-,31+,32+,33-,34-,35+,36+,37?,38+,42?,44-,45+,46-,47+,48-,49+,50+,51-,52+,55-,56-/m0/s1. The highest BCUT2D eigenvalue weighted by atomic mass is 16.7. The normalized spacial score (nSPS) is 40.6. The van der Waals surface area contributed by atoms with Gasteiger partial charge >= 0.3 is 23.9 Å². The minimum absolute atomic E-state index is 0.0405. The zero-order chi connectivity index (χ0) is 57.1. The van der Waals surface area contributed by atoms with Crippen molar-refractivity contribution in [3.05, 3.63) is 0 Å². The highest BCUT2D eigenvalue weighted by molar-refractivity contribution is 5.91. The fourth-order valence-electron chi connectivity index (χ4n) is 12.0. The summed E-state index contributed by atoms with van der Waals surface area (Å²) in [6, 6.07) is 0.0405. The Kier molecular flexibility index (Phi) is 25.1. The molecule has 4 rings (SSSR count). The van der Waals surface area contributed by atoms with E-state index in [0.717, 1.165) is 0 Å². The van der Waals surface area contributed by atoms with Crippen molar-refractivity contribution in [2.75, 3.05) is 34.9 Å². The van der Waals surface area contributed by atoms with Crippen LogP contribution in [0.4, 0.5) is 0 Å². The molecule has 0 aliphatic carbocycles. The third-order valence-electron chi connectivity index (χ3n) is 15.9. The van der Waals surface area contributed by atoms with E-state index in [0.29, 0.717) is 37.9 Å². The topological polar surface area (TPSA) is 232 Å². The molecular weight excluding hydrogens is 989 g/mol. The lowest BCUT2D eigenvalue weighted by molar-refractivity contribution is -0.267. The SMILES string of the molecule is CON=C1C[C@@H](C)O[C@@H](O[C@@H]2[C@@H](C)[C@H](O[C@H]3C[C@@H](C)N(C)C[C@H](C)O3)C(C)C(=O)O[C@H](C(C)CCCC3O[C@H](C)[C@@H](OC(C)=O)[C@@H](OC)[C@H]3OC)[C@H](C)[C@@H](OC(=O)CC(C)C)[C@@H](C)C(=O)[C@@](C)(O)C[C@@H]2C)[C@@H]1OC(C)=O. The van der Waals surface area contributed by atoms with Crippen molar-refractivity contribution >= 4 is 35.4 Å². The van der Waals surface area contributed by atoms with E-state index >= 15 is 9.59 Å². The highest BCUT2D eigenvalue weighted by Gasteiger charge is 2.51. The van der Waals surface area contributed by atoms with E-state index in [1.54, 1.807) is 21.0 Å². The minimum Gasteiger partial charge on any atom is -0.461 e. The van der Waals surface area contributed by atoms with Gasteiger partial charge in [-0.15, -0.1) is 0 Å². The second-order valence-electron chi connectivity index (χ2n) is 23.2. The molecule has 22 atom stereocenters. The number of oxime groups is 1. The summed E-state index contributed by atoms with van der Waals surface area (Å²) in [4.78, 5) is 76.2. The monoisotopic (exact) mass is 1080 g/mol. The van der Waals surface area contributed by atoms with Gasteiger partial charge in [0.15, 0.2) is 24.3 Å². The van der Waals surface area contributed by atoms with Crippen LogP contribution in [0.1, 0.15) is 149 Å². The molecule has 20 heteroatoms. The number of likely N-dealkylation sites (N-methyl/N-ethyl adjacent to an activating group) is 1. The second kappa shape index (κ2) is 29.2. The molecule has 0 radical (unpaired) electrons. The Labute approximate surface area is 452 Å². The van der Waals surface area contributed by atoms with Crippen LogP contribution >= 0.6 is 0 Å². The van der Waals surface area contributed by atoms with E-state index in [-0.39, 0.29) is 37.3 Å². The zero-order valence-corrected chi connectivity index (χ0v) is 49.1. The fourth-order valence-corrected chi connectivity index (χ4v) is 12.0. The van der Waals surface area contributed by atoms with Crippen molar-refractivity contribution in [2.45, 2.75) is 246 Å². The number of aliphatic hydroxyl groups is 1. The first kappa shape index (κ1) is 65.2. The molecule has 4 aliphatic rings. The predicted octanol–water partition coefficient (Wildman–Crippen LogP) is 6.61. The maximum Gasteiger partial charge on any atom is 0.311 e. The van der Waals surface area contributed by atoms with Crippen molar-refractivity contribution < 1.29 is 86.0 Å². The van der Waals surface area contributed by atoms with Gasteiger partial charge in [0, 0.05) is 71.8 Å². The zero-order valence-electron chi connectivity index (χ0n) is 49.1. The number of methoxy groups -OCH3 is 2. The molecule has 0 aromatic rings. The minimum atomic E-state index is -2.02. The van der Waals surface area contributed by atoms with Gasteiger partial charge in [-0.05, 0) is 85.6 Å². The molecule has 0 spiro atoms. The van der Waals surface area contributed by atoms with Crippen LogP contribution in [-0.2, 0) is 80.9 Å². The van der Waals surface area contributed by atoms with E-state index < -0.39 is 150 Å². The van der Waals surface area contributed by atoms with E-state index in [9.17, 15) is 19.5 Å². The fraction of sp³-hybridized carbons (Fsp3) is 0.893. The summed E-state index contributed by atoms with van der Waals surface area (Å²) in [5, 5.41) is 16.7. The third-order valence-corrected chi connectivity index (χ3v) is 15.9. The quantitative estimate of drug-likeness (QED) is 0.0917. The average molecular weight is 1090 g/mol. The van der Waals surface area contributed by atoms with Crippen LogP contribution in [0.25, 0.3) is 0 Å². The molecule has 0 saturated carbocycles. The highest BCUT2D eigenvalue weighted by Crippen LogP contribution is 2.40. The Bertz CT molecular complexity index is 1920. The Morgan fingerprint density at radius 1 is 0.776 bits per heavy atom. The molecule has 0 bridgehead atoms. The van der Waals surface area contributed by atoms with Gasteiger partial charge in [0.25, 0.3) is 0 Å². The predicted molar refractivity (Wildman–Crippen MR) is 280 cm³/mol. The largest absolute Gasteiger partial charge is 0.461 e. The van der Waals surface area contributed by atoms with Gasteiger partial charge < -0.3 is 66.9 Å². The number of carbonyl (C=O) groups is 5. The average Bonchev–Trinajstić information content (AvgIpc) is 3.44. The summed E-state index contributed by atoms with van der Waals surface area (Å²) in [6.07, 6.45) is -8.49. The molecule has 0 aromatic carbocycles. The lowest BCUT2D eigenvalue weighted by Gasteiger charge is -2.45. The smallest absolute Gasteiger partial charge is 0.311 e. The second-order valence-corrected chi connectivity index (χ2v) is 23.2. The van der Waals surface area contributed by atoms with Gasteiger partial charge in [-0.2, -0.15) is 0 Å². The first-order chi connectivity index (χ1) is 35.5. The number of ether oxygens (including phenoxy) is 11. The first-order valence-corrected chi connectivity index (χ1v) is 27.7. The maximum absolute atomic E-state index is 15.3. The van der Waals surface area contributed by atoms with Crippen LogP contribution in [-0.4, -0.2) is 178 Å². The van der Waals surface area contributed by atoms with Gasteiger partial charge in [-0.1, -0.05) is 60.0 Å². The molecule has 76 heavy (non-hydrogen) atoms. The molecular formula is C56H96N2O18. The van der Waals surface area contributed by atoms with Gasteiger partial charge in [0.2, 0.25) is 6.29 Å². The van der Waals surface area contributed by atoms with Gasteiger partial charge in [-0.3, -0.25) is 24.0 Å². The van der Waals surface area contributed by atoms with Crippen molar-refractivity contribution in [2.24, 2.45) is 46.6 Å². The molecule has 3 unspecified atom stereocenters. The van der Waals surface area contributed by atoms with Crippen LogP contribution in [0.3, 0.4) is 0 Å². The molecule has 20 nitrogen and oxygen atoms in total. The van der Waals surface area contributed by atoms with Crippen molar-refractivity contribution in [3.63, 3.8) is 0 Å². The van der Waals surface area contributed by atoms with Gasteiger partial charge in [-0.25, -0.2) is 0 Å². The van der Waals surface area contributed by atoms with Crippen molar-refractivity contribution in [1.82, 2.24) is 4.90 Å². The molecule has 0 amide bonds. The number of esters is 4. The number of ketones is 1. The number of cyclic esters (lactones) is 1. The lowest BCUT2D eigenvalue weighted by Crippen LogP contribution is -2.59. The van der Waals surface area contributed by atoms with Crippen molar-refractivity contribution in [3.8, 4) is 0 Å². The number of rotatable bonds is 17. The number of carbonyl (C=O) groups excluding carboxylic acids is 5. The Morgan fingerprint density at radius 2 is 1.42 bits per heavy atom. The lowest BCUT2D eigenvalue weighted by atomic mass is 9.74. The van der Waals surface area contributed by atoms with Crippen LogP contribution in [0, 0.1) is 41.4 Å². The Hall–Kier alpha value is -3.34. The van der Waals surface area contributed by atoms with Gasteiger partial charge in [0.05, 0.1) is 48.5 Å². The van der Waals surface area contributed by atoms with E-state index in [1.807, 2.05) is 69.4 Å². The van der Waals surface area contributed by atoms with E-state index in [4.69, 9.17) is 56.9 Å². The number of hydrogen-bond donors (Lipinski definition) is 1.